The van der Waals surface area contributed by atoms with E-state index in [1.807, 2.05) is 6.07 Å². The van der Waals surface area contributed by atoms with Gasteiger partial charge in [-0.15, -0.1) is 0 Å². The van der Waals surface area contributed by atoms with E-state index in [1.54, 1.807) is 0 Å². The highest BCUT2D eigenvalue weighted by Gasteiger charge is 2.34. The minimum absolute atomic E-state index is 0.218. The molecule has 0 saturated carbocycles. The number of nitrogens with one attached hydrogen (secondary N) is 1. The summed E-state index contributed by atoms with van der Waals surface area (Å²) in [6.07, 6.45) is 3.53. The fraction of sp³-hybridized carbons (Fsp3) is 0.600. The summed E-state index contributed by atoms with van der Waals surface area (Å²) in [7, 11) is 0. The van der Waals surface area contributed by atoms with E-state index >= 15 is 0 Å². The lowest BCUT2D eigenvalue weighted by Gasteiger charge is -2.19. The molecule has 2 rings (SSSR count). The van der Waals surface area contributed by atoms with Crippen LogP contribution in [0.5, 0.6) is 5.75 Å². The minimum atomic E-state index is 0.218. The van der Waals surface area contributed by atoms with Crippen LogP contribution < -0.4 is 10.1 Å². The lowest BCUT2D eigenvalue weighted by molar-refractivity contribution is 0.178. The second kappa shape index (κ2) is 5.94. The van der Waals surface area contributed by atoms with Crippen molar-refractivity contribution in [3.8, 4) is 5.75 Å². The molecule has 2 nitrogen and oxygen atoms in total. The van der Waals surface area contributed by atoms with Crippen molar-refractivity contribution in [2.45, 2.75) is 52.2 Å². The summed E-state index contributed by atoms with van der Waals surface area (Å²) in [6.45, 7) is 7.47. The van der Waals surface area contributed by atoms with E-state index in [4.69, 9.17) is 16.3 Å². The predicted octanol–water partition coefficient (Wildman–Crippen LogP) is 4.25. The first-order valence-corrected chi connectivity index (χ1v) is 7.25. The SMILES string of the molecule is CCCNC1c2cc(C)cc(Cl)c2OC1CCC. The van der Waals surface area contributed by atoms with Crippen LogP contribution in [0.25, 0.3) is 0 Å². The number of ether oxygens (including phenoxy) is 1. The molecule has 0 aromatic heterocycles. The molecule has 0 amide bonds. The molecule has 1 N–H and O–H groups in total. The molecule has 0 saturated heterocycles. The quantitative estimate of drug-likeness (QED) is 0.861. The van der Waals surface area contributed by atoms with Gasteiger partial charge in [-0.25, -0.2) is 0 Å². The summed E-state index contributed by atoms with van der Waals surface area (Å²) < 4.78 is 6.05. The zero-order valence-electron chi connectivity index (χ0n) is 11.4. The van der Waals surface area contributed by atoms with Crippen LogP contribution in [0.15, 0.2) is 12.1 Å². The summed E-state index contributed by atoms with van der Waals surface area (Å²) in [5.41, 5.74) is 2.43. The standard InChI is InChI=1S/C15H22ClNO/c1-4-6-13-14(17-7-5-2)11-8-10(3)9-12(16)15(11)18-13/h8-9,13-14,17H,4-7H2,1-3H3. The molecule has 0 radical (unpaired) electrons. The Morgan fingerprint density at radius 2 is 2.06 bits per heavy atom. The van der Waals surface area contributed by atoms with Crippen molar-refractivity contribution >= 4 is 11.6 Å². The van der Waals surface area contributed by atoms with Crippen molar-refractivity contribution in [1.29, 1.82) is 0 Å². The Kier molecular flexibility index (Phi) is 4.52. The Morgan fingerprint density at radius 3 is 2.72 bits per heavy atom. The van der Waals surface area contributed by atoms with Crippen molar-refractivity contribution in [1.82, 2.24) is 5.32 Å². The van der Waals surface area contributed by atoms with Gasteiger partial charge >= 0.3 is 0 Å². The molecule has 0 spiro atoms. The molecule has 2 unspecified atom stereocenters. The average molecular weight is 268 g/mol. The van der Waals surface area contributed by atoms with Crippen molar-refractivity contribution in [3.63, 3.8) is 0 Å². The van der Waals surface area contributed by atoms with Gasteiger partial charge in [0, 0.05) is 5.56 Å². The Bertz CT molecular complexity index is 419. The van der Waals surface area contributed by atoms with Crippen LogP contribution in [0.4, 0.5) is 0 Å². The Labute approximate surface area is 115 Å². The highest BCUT2D eigenvalue weighted by atomic mass is 35.5. The van der Waals surface area contributed by atoms with E-state index in [2.05, 4.69) is 32.2 Å². The van der Waals surface area contributed by atoms with Crippen LogP contribution in [0.1, 0.15) is 50.3 Å². The van der Waals surface area contributed by atoms with E-state index in [1.165, 1.54) is 11.1 Å². The number of fused-ring (bicyclic) bond motifs is 1. The molecule has 1 aromatic carbocycles. The third-order valence-electron chi connectivity index (χ3n) is 3.38. The van der Waals surface area contributed by atoms with Crippen molar-refractivity contribution < 1.29 is 4.74 Å². The topological polar surface area (TPSA) is 21.3 Å². The second-order valence-corrected chi connectivity index (χ2v) is 5.45. The third kappa shape index (κ3) is 2.65. The number of rotatable bonds is 5. The van der Waals surface area contributed by atoms with Gasteiger partial charge in [-0.2, -0.15) is 0 Å². The first kappa shape index (κ1) is 13.7. The second-order valence-electron chi connectivity index (χ2n) is 5.04. The summed E-state index contributed by atoms with van der Waals surface area (Å²) >= 11 is 6.29. The van der Waals surface area contributed by atoms with E-state index in [0.29, 0.717) is 0 Å². The van der Waals surface area contributed by atoms with Gasteiger partial charge < -0.3 is 10.1 Å². The Morgan fingerprint density at radius 1 is 1.28 bits per heavy atom. The molecule has 18 heavy (non-hydrogen) atoms. The summed E-state index contributed by atoms with van der Waals surface area (Å²) in [4.78, 5) is 0. The highest BCUT2D eigenvalue weighted by Crippen LogP contribution is 2.43. The maximum atomic E-state index is 6.29. The normalized spacial score (nSPS) is 21.8. The summed E-state index contributed by atoms with van der Waals surface area (Å²) in [5, 5.41) is 4.34. The van der Waals surface area contributed by atoms with Crippen LogP contribution in [0, 0.1) is 6.92 Å². The fourth-order valence-electron chi connectivity index (χ4n) is 2.58. The van der Waals surface area contributed by atoms with Crippen molar-refractivity contribution in [3.05, 3.63) is 28.3 Å². The molecule has 1 aliphatic rings. The number of hydrogen-bond donors (Lipinski definition) is 1. The minimum Gasteiger partial charge on any atom is -0.487 e. The maximum absolute atomic E-state index is 6.29. The van der Waals surface area contributed by atoms with Gasteiger partial charge in [0.1, 0.15) is 11.9 Å². The van der Waals surface area contributed by atoms with Crippen LogP contribution in [-0.4, -0.2) is 12.6 Å². The number of aryl methyl sites for hydroxylation is 1. The Hall–Kier alpha value is -0.730. The molecular weight excluding hydrogens is 246 g/mol. The first-order valence-electron chi connectivity index (χ1n) is 6.87. The summed E-state index contributed by atoms with van der Waals surface area (Å²) in [5.74, 6) is 0.884. The zero-order valence-corrected chi connectivity index (χ0v) is 12.2. The fourth-order valence-corrected chi connectivity index (χ4v) is 2.91. The molecule has 0 aliphatic carbocycles. The van der Waals surface area contributed by atoms with Gasteiger partial charge in [0.25, 0.3) is 0 Å². The van der Waals surface area contributed by atoms with Gasteiger partial charge in [-0.05, 0) is 37.9 Å². The monoisotopic (exact) mass is 267 g/mol. The number of benzene rings is 1. The molecule has 0 fully saturated rings. The van der Waals surface area contributed by atoms with Gasteiger partial charge in [0.05, 0.1) is 11.1 Å². The maximum Gasteiger partial charge on any atom is 0.143 e. The molecule has 100 valence electrons. The Balaban J connectivity index is 2.29. The van der Waals surface area contributed by atoms with E-state index in [-0.39, 0.29) is 12.1 Å². The van der Waals surface area contributed by atoms with Crippen LogP contribution in [-0.2, 0) is 0 Å². The molecule has 0 bridgehead atoms. The van der Waals surface area contributed by atoms with Gasteiger partial charge in [-0.1, -0.05) is 37.9 Å². The van der Waals surface area contributed by atoms with Crippen molar-refractivity contribution in [2.75, 3.05) is 6.54 Å². The lowest BCUT2D eigenvalue weighted by Crippen LogP contribution is -2.31. The number of hydrogen-bond acceptors (Lipinski definition) is 2. The van der Waals surface area contributed by atoms with Crippen LogP contribution in [0.3, 0.4) is 0 Å². The van der Waals surface area contributed by atoms with Gasteiger partial charge in [-0.3, -0.25) is 0 Å². The smallest absolute Gasteiger partial charge is 0.143 e. The zero-order chi connectivity index (χ0) is 13.1. The molecule has 2 atom stereocenters. The van der Waals surface area contributed by atoms with E-state index in [9.17, 15) is 0 Å². The van der Waals surface area contributed by atoms with Gasteiger partial charge in [0.15, 0.2) is 0 Å². The molecule has 1 heterocycles. The predicted molar refractivity (Wildman–Crippen MR) is 76.5 cm³/mol. The summed E-state index contributed by atoms with van der Waals surface area (Å²) in [6, 6.07) is 4.47. The number of halogens is 1. The first-order chi connectivity index (χ1) is 8.67. The van der Waals surface area contributed by atoms with E-state index < -0.39 is 0 Å². The van der Waals surface area contributed by atoms with E-state index in [0.717, 1.165) is 36.6 Å². The van der Waals surface area contributed by atoms with Crippen molar-refractivity contribution in [2.24, 2.45) is 0 Å². The van der Waals surface area contributed by atoms with Gasteiger partial charge in [0.2, 0.25) is 0 Å². The molecular formula is C15H22ClNO. The molecule has 1 aliphatic heterocycles. The highest BCUT2D eigenvalue weighted by molar-refractivity contribution is 6.32. The third-order valence-corrected chi connectivity index (χ3v) is 3.66. The molecule has 1 aromatic rings. The lowest BCUT2D eigenvalue weighted by atomic mass is 9.99. The van der Waals surface area contributed by atoms with Crippen LogP contribution in [0.2, 0.25) is 5.02 Å². The largest absolute Gasteiger partial charge is 0.487 e. The van der Waals surface area contributed by atoms with Crippen LogP contribution >= 0.6 is 11.6 Å². The average Bonchev–Trinajstić information content (AvgIpc) is 2.65. The molecule has 3 heteroatoms.